The van der Waals surface area contributed by atoms with Crippen LogP contribution in [0, 0.1) is 0 Å². The number of imidazole rings is 1. The summed E-state index contributed by atoms with van der Waals surface area (Å²) in [6, 6.07) is 7.31. The largest absolute Gasteiger partial charge is 0.497 e. The second-order valence-electron chi connectivity index (χ2n) is 6.63. The zero-order valence-electron chi connectivity index (χ0n) is 16.0. The molecule has 1 unspecified atom stereocenters. The van der Waals surface area contributed by atoms with Crippen LogP contribution in [0.15, 0.2) is 35.7 Å². The highest BCUT2D eigenvalue weighted by Gasteiger charge is 2.44. The van der Waals surface area contributed by atoms with Crippen molar-refractivity contribution in [2.24, 2.45) is 5.10 Å². The number of nitrogens with zero attached hydrogens (tertiary/aromatic N) is 5. The number of nitrogens with two attached hydrogens (primary N) is 1. The fourth-order valence-electron chi connectivity index (χ4n) is 3.17. The molecule has 1 aliphatic rings. The third-order valence-corrected chi connectivity index (χ3v) is 4.71. The number of methoxy groups -OCH3 is 1. The molecule has 1 aliphatic heterocycles. The molecule has 1 fully saturated rings. The van der Waals surface area contributed by atoms with Crippen molar-refractivity contribution in [2.75, 3.05) is 24.9 Å². The molecule has 4 rings (SSSR count). The molecule has 1 saturated heterocycles. The van der Waals surface area contributed by atoms with Gasteiger partial charge in [0.25, 0.3) is 0 Å². The van der Waals surface area contributed by atoms with Gasteiger partial charge in [-0.2, -0.15) is 15.1 Å². The van der Waals surface area contributed by atoms with Crippen LogP contribution in [0.25, 0.3) is 11.2 Å². The number of aromatic nitrogens is 4. The molecule has 0 bridgehead atoms. The molecule has 1 aromatic carbocycles. The van der Waals surface area contributed by atoms with Gasteiger partial charge in [-0.25, -0.2) is 10.4 Å². The molecule has 3 aromatic rings. The van der Waals surface area contributed by atoms with Gasteiger partial charge >= 0.3 is 0 Å². The van der Waals surface area contributed by atoms with Crippen LogP contribution in [-0.2, 0) is 4.74 Å². The predicted octanol–water partition coefficient (Wildman–Crippen LogP) is -0.525. The van der Waals surface area contributed by atoms with Gasteiger partial charge in [0, 0.05) is 0 Å². The van der Waals surface area contributed by atoms with Crippen molar-refractivity contribution < 1.29 is 24.8 Å². The molecule has 12 heteroatoms. The monoisotopic (exact) mass is 415 g/mol. The summed E-state index contributed by atoms with van der Waals surface area (Å²) in [6.07, 6.45) is -1.51. The standard InChI is InChI=1S/C18H21N7O5/c1-29-10-4-2-3-9(5-10)6-21-24-18-22-15(19)12-16(23-18)25(8-20-12)17-14(28)13(27)11(7-26)30-17/h2-6,8,11,13-14,17,26-28H,7H2,1H3,(H3,19,22,23,24)/b21-6+/t11-,13-,14-,17?/m1/s1. The fourth-order valence-corrected chi connectivity index (χ4v) is 3.17. The lowest BCUT2D eigenvalue weighted by Gasteiger charge is -2.16. The van der Waals surface area contributed by atoms with Crippen molar-refractivity contribution in [3.05, 3.63) is 36.2 Å². The maximum absolute atomic E-state index is 10.3. The molecule has 2 aromatic heterocycles. The first kappa shape index (κ1) is 20.0. The molecule has 12 nitrogen and oxygen atoms in total. The summed E-state index contributed by atoms with van der Waals surface area (Å²) < 4.78 is 12.1. The van der Waals surface area contributed by atoms with Gasteiger partial charge in [0.1, 0.15) is 29.6 Å². The first-order chi connectivity index (χ1) is 14.5. The van der Waals surface area contributed by atoms with Crippen molar-refractivity contribution in [3.63, 3.8) is 0 Å². The Balaban J connectivity index is 1.60. The zero-order chi connectivity index (χ0) is 21.3. The highest BCUT2D eigenvalue weighted by atomic mass is 16.6. The topological polar surface area (TPSA) is 173 Å². The quantitative estimate of drug-likeness (QED) is 0.260. The zero-order valence-corrected chi connectivity index (χ0v) is 16.0. The van der Waals surface area contributed by atoms with Crippen LogP contribution in [0.1, 0.15) is 11.8 Å². The third-order valence-electron chi connectivity index (χ3n) is 4.71. The van der Waals surface area contributed by atoms with Crippen molar-refractivity contribution in [3.8, 4) is 5.75 Å². The smallest absolute Gasteiger partial charge is 0.247 e. The second-order valence-corrected chi connectivity index (χ2v) is 6.63. The number of rotatable bonds is 6. The van der Waals surface area contributed by atoms with E-state index in [4.69, 9.17) is 15.2 Å². The highest BCUT2D eigenvalue weighted by Crippen LogP contribution is 2.32. The van der Waals surface area contributed by atoms with Gasteiger partial charge in [0.05, 0.1) is 26.3 Å². The molecule has 0 amide bonds. The maximum Gasteiger partial charge on any atom is 0.247 e. The van der Waals surface area contributed by atoms with E-state index in [-0.39, 0.29) is 17.4 Å². The Hall–Kier alpha value is -3.32. The lowest BCUT2D eigenvalue weighted by atomic mass is 10.1. The van der Waals surface area contributed by atoms with Crippen molar-refractivity contribution in [1.82, 2.24) is 19.5 Å². The Labute approximate surface area is 170 Å². The predicted molar refractivity (Wildman–Crippen MR) is 107 cm³/mol. The molecule has 3 heterocycles. The number of benzene rings is 1. The minimum absolute atomic E-state index is 0.101. The highest BCUT2D eigenvalue weighted by molar-refractivity contribution is 5.83. The Morgan fingerprint density at radius 3 is 2.90 bits per heavy atom. The lowest BCUT2D eigenvalue weighted by Crippen LogP contribution is -2.33. The number of aliphatic hydroxyl groups excluding tert-OH is 3. The average molecular weight is 415 g/mol. The van der Waals surface area contributed by atoms with E-state index in [0.717, 1.165) is 5.56 Å². The molecule has 0 aliphatic carbocycles. The number of aliphatic hydroxyl groups is 3. The number of nitrogen functional groups attached to an aromatic ring is 1. The van der Waals surface area contributed by atoms with Crippen LogP contribution in [0.3, 0.4) is 0 Å². The van der Waals surface area contributed by atoms with E-state index in [1.807, 2.05) is 18.2 Å². The molecule has 0 spiro atoms. The van der Waals surface area contributed by atoms with E-state index in [9.17, 15) is 15.3 Å². The number of anilines is 2. The third kappa shape index (κ3) is 3.64. The first-order valence-electron chi connectivity index (χ1n) is 9.07. The normalized spacial score (nSPS) is 24.0. The number of hydrogen-bond donors (Lipinski definition) is 5. The van der Waals surface area contributed by atoms with E-state index in [2.05, 4.69) is 25.5 Å². The summed E-state index contributed by atoms with van der Waals surface area (Å²) >= 11 is 0. The Bertz CT molecular complexity index is 1070. The lowest BCUT2D eigenvalue weighted by molar-refractivity contribution is -0.0511. The van der Waals surface area contributed by atoms with Crippen molar-refractivity contribution in [2.45, 2.75) is 24.5 Å². The fraction of sp³-hybridized carbons (Fsp3) is 0.333. The molecule has 4 atom stereocenters. The minimum atomic E-state index is -1.28. The Morgan fingerprint density at radius 2 is 2.17 bits per heavy atom. The van der Waals surface area contributed by atoms with Crippen LogP contribution in [0.5, 0.6) is 5.75 Å². The van der Waals surface area contributed by atoms with E-state index in [0.29, 0.717) is 11.3 Å². The van der Waals surface area contributed by atoms with Gasteiger partial charge in [-0.05, 0) is 17.7 Å². The summed E-state index contributed by atoms with van der Waals surface area (Å²) in [7, 11) is 1.58. The van der Waals surface area contributed by atoms with E-state index < -0.39 is 31.1 Å². The van der Waals surface area contributed by atoms with Gasteiger partial charge < -0.3 is 30.5 Å². The number of nitrogens with one attached hydrogen (secondary N) is 1. The second kappa shape index (κ2) is 8.20. The molecule has 30 heavy (non-hydrogen) atoms. The number of hydrazone groups is 1. The summed E-state index contributed by atoms with van der Waals surface area (Å²) in [4.78, 5) is 12.6. The summed E-state index contributed by atoms with van der Waals surface area (Å²) in [5, 5.41) is 33.7. The molecule has 6 N–H and O–H groups in total. The van der Waals surface area contributed by atoms with Gasteiger partial charge in [0.15, 0.2) is 17.7 Å². The first-order valence-corrected chi connectivity index (χ1v) is 9.07. The Morgan fingerprint density at radius 1 is 1.33 bits per heavy atom. The Kier molecular flexibility index (Phi) is 5.46. The maximum atomic E-state index is 10.3. The van der Waals surface area contributed by atoms with Crippen LogP contribution in [-0.4, -0.2) is 73.1 Å². The summed E-state index contributed by atoms with van der Waals surface area (Å²) in [6.45, 7) is -0.440. The summed E-state index contributed by atoms with van der Waals surface area (Å²) in [5.41, 5.74) is 10.1. The number of hydrogen-bond acceptors (Lipinski definition) is 11. The molecular formula is C18H21N7O5. The van der Waals surface area contributed by atoms with Gasteiger partial charge in [-0.15, -0.1) is 0 Å². The van der Waals surface area contributed by atoms with Crippen molar-refractivity contribution >= 4 is 29.1 Å². The molecule has 0 saturated carbocycles. The van der Waals surface area contributed by atoms with Crippen LogP contribution < -0.4 is 15.9 Å². The van der Waals surface area contributed by atoms with Crippen molar-refractivity contribution in [1.29, 1.82) is 0 Å². The van der Waals surface area contributed by atoms with Gasteiger partial charge in [0.2, 0.25) is 5.95 Å². The van der Waals surface area contributed by atoms with E-state index in [1.165, 1.54) is 10.9 Å². The van der Waals surface area contributed by atoms with Gasteiger partial charge in [-0.1, -0.05) is 12.1 Å². The van der Waals surface area contributed by atoms with Crippen LogP contribution in [0.2, 0.25) is 0 Å². The van der Waals surface area contributed by atoms with Crippen LogP contribution in [0.4, 0.5) is 11.8 Å². The van der Waals surface area contributed by atoms with E-state index >= 15 is 0 Å². The molecule has 0 radical (unpaired) electrons. The molecular weight excluding hydrogens is 394 g/mol. The SMILES string of the molecule is COc1cccc(/C=N/Nc2nc(N)c3ncn(C4O[C@H](CO)[C@@H](O)[C@H]4O)c3n2)c1. The number of fused-ring (bicyclic) bond motifs is 1. The summed E-state index contributed by atoms with van der Waals surface area (Å²) in [5.74, 6) is 0.903. The average Bonchev–Trinajstić information content (AvgIpc) is 3.29. The van der Waals surface area contributed by atoms with E-state index in [1.54, 1.807) is 19.4 Å². The number of ether oxygens (including phenoxy) is 2. The molecule has 158 valence electrons. The minimum Gasteiger partial charge on any atom is -0.497 e. The van der Waals surface area contributed by atoms with Crippen LogP contribution >= 0.6 is 0 Å². The van der Waals surface area contributed by atoms with Gasteiger partial charge in [-0.3, -0.25) is 4.57 Å².